The second-order valence-corrected chi connectivity index (χ2v) is 6.61. The first-order valence-electron chi connectivity index (χ1n) is 7.98. The van der Waals surface area contributed by atoms with Crippen LogP contribution in [-0.2, 0) is 11.3 Å². The number of benzene rings is 2. The van der Waals surface area contributed by atoms with Gasteiger partial charge in [0, 0.05) is 12.6 Å². The first-order chi connectivity index (χ1) is 12.3. The van der Waals surface area contributed by atoms with Gasteiger partial charge in [0.1, 0.15) is 18.2 Å². The molecule has 5 nitrogen and oxygen atoms in total. The zero-order valence-electron chi connectivity index (χ0n) is 13.4. The average Bonchev–Trinajstić information content (AvgIpc) is 3.07. The average molecular weight is 352 g/mol. The Morgan fingerprint density at radius 2 is 2.00 bits per heavy atom. The second kappa shape index (κ2) is 6.94. The molecule has 0 bridgehead atoms. The van der Waals surface area contributed by atoms with Gasteiger partial charge in [0.15, 0.2) is 11.5 Å². The van der Waals surface area contributed by atoms with Crippen LogP contribution in [0.25, 0.3) is 16.3 Å². The standard InChI is InChI=1S/C19H16N2O3S/c22-18(7-8-19-21-14-3-1-2-4-17(14)25-19)20-12-13-5-6-15-16(11-13)24-10-9-23-15/h1-8,11H,9-10,12H2,(H,20,22). The highest BCUT2D eigenvalue weighted by Gasteiger charge is 2.11. The largest absolute Gasteiger partial charge is 0.486 e. The fourth-order valence-corrected chi connectivity index (χ4v) is 3.42. The molecule has 0 saturated heterocycles. The van der Waals surface area contributed by atoms with Gasteiger partial charge in [-0.25, -0.2) is 4.98 Å². The molecule has 0 fully saturated rings. The summed E-state index contributed by atoms with van der Waals surface area (Å²) in [7, 11) is 0. The molecule has 0 atom stereocenters. The normalized spacial score (nSPS) is 13.3. The van der Waals surface area contributed by atoms with Crippen molar-refractivity contribution in [3.8, 4) is 11.5 Å². The fourth-order valence-electron chi connectivity index (χ4n) is 2.55. The van der Waals surface area contributed by atoms with Crippen LogP contribution < -0.4 is 14.8 Å². The van der Waals surface area contributed by atoms with Gasteiger partial charge >= 0.3 is 0 Å². The molecule has 0 spiro atoms. The van der Waals surface area contributed by atoms with Crippen molar-refractivity contribution < 1.29 is 14.3 Å². The fraction of sp³-hybridized carbons (Fsp3) is 0.158. The summed E-state index contributed by atoms with van der Waals surface area (Å²) in [5, 5.41) is 3.68. The first-order valence-corrected chi connectivity index (χ1v) is 8.79. The van der Waals surface area contributed by atoms with Crippen molar-refractivity contribution in [3.05, 3.63) is 59.1 Å². The van der Waals surface area contributed by atoms with Gasteiger partial charge in [0.25, 0.3) is 0 Å². The third-order valence-electron chi connectivity index (χ3n) is 3.76. The van der Waals surface area contributed by atoms with Gasteiger partial charge in [-0.05, 0) is 35.9 Å². The van der Waals surface area contributed by atoms with Crippen LogP contribution >= 0.6 is 11.3 Å². The van der Waals surface area contributed by atoms with E-state index in [2.05, 4.69) is 10.3 Å². The van der Waals surface area contributed by atoms with E-state index in [-0.39, 0.29) is 5.91 Å². The molecular formula is C19H16N2O3S. The Kier molecular flexibility index (Phi) is 4.35. The van der Waals surface area contributed by atoms with E-state index in [9.17, 15) is 4.79 Å². The van der Waals surface area contributed by atoms with Gasteiger partial charge in [0.2, 0.25) is 5.91 Å². The van der Waals surface area contributed by atoms with Crippen LogP contribution in [-0.4, -0.2) is 24.1 Å². The summed E-state index contributed by atoms with van der Waals surface area (Å²) in [4.78, 5) is 16.5. The molecule has 2 aromatic carbocycles. The SMILES string of the molecule is O=C(C=Cc1nc2ccccc2s1)NCc1ccc2c(c1)OCCO2. The molecule has 0 saturated carbocycles. The van der Waals surface area contributed by atoms with Crippen molar-refractivity contribution in [1.82, 2.24) is 10.3 Å². The molecule has 2 heterocycles. The maximum Gasteiger partial charge on any atom is 0.244 e. The minimum Gasteiger partial charge on any atom is -0.486 e. The first kappa shape index (κ1) is 15.7. The highest BCUT2D eigenvalue weighted by atomic mass is 32.1. The summed E-state index contributed by atoms with van der Waals surface area (Å²) < 4.78 is 12.1. The summed E-state index contributed by atoms with van der Waals surface area (Å²) >= 11 is 1.56. The zero-order chi connectivity index (χ0) is 17.1. The van der Waals surface area contributed by atoms with Crippen molar-refractivity contribution in [3.63, 3.8) is 0 Å². The Balaban J connectivity index is 1.37. The topological polar surface area (TPSA) is 60.5 Å². The van der Waals surface area contributed by atoms with Crippen LogP contribution in [0.4, 0.5) is 0 Å². The Labute approximate surface area is 148 Å². The van der Waals surface area contributed by atoms with E-state index in [4.69, 9.17) is 9.47 Å². The van der Waals surface area contributed by atoms with E-state index in [0.717, 1.165) is 32.3 Å². The van der Waals surface area contributed by atoms with Gasteiger partial charge in [-0.3, -0.25) is 4.79 Å². The molecule has 0 unspecified atom stereocenters. The molecule has 4 rings (SSSR count). The molecule has 0 radical (unpaired) electrons. The molecule has 25 heavy (non-hydrogen) atoms. The number of amides is 1. The van der Waals surface area contributed by atoms with E-state index >= 15 is 0 Å². The van der Waals surface area contributed by atoms with E-state index < -0.39 is 0 Å². The van der Waals surface area contributed by atoms with Crippen LogP contribution in [0.2, 0.25) is 0 Å². The van der Waals surface area contributed by atoms with E-state index in [1.165, 1.54) is 6.08 Å². The molecule has 0 aliphatic carbocycles. The zero-order valence-corrected chi connectivity index (χ0v) is 14.2. The Morgan fingerprint density at radius 1 is 1.16 bits per heavy atom. The minimum atomic E-state index is -0.158. The summed E-state index contributed by atoms with van der Waals surface area (Å²) in [5.41, 5.74) is 1.91. The number of aromatic nitrogens is 1. The number of ether oxygens (including phenoxy) is 2. The highest BCUT2D eigenvalue weighted by molar-refractivity contribution is 7.19. The maximum absolute atomic E-state index is 12.0. The molecule has 1 amide bonds. The van der Waals surface area contributed by atoms with E-state index in [0.29, 0.717) is 19.8 Å². The number of nitrogens with one attached hydrogen (secondary N) is 1. The quantitative estimate of drug-likeness (QED) is 0.731. The lowest BCUT2D eigenvalue weighted by Crippen LogP contribution is -2.20. The maximum atomic E-state index is 12.0. The number of thiazole rings is 1. The summed E-state index contributed by atoms with van der Waals surface area (Å²) in [6, 6.07) is 13.6. The Bertz CT molecular complexity index is 916. The summed E-state index contributed by atoms with van der Waals surface area (Å²) in [6.07, 6.45) is 3.25. The molecule has 126 valence electrons. The number of carbonyl (C=O) groups is 1. The molecule has 6 heteroatoms. The van der Waals surface area contributed by atoms with Crippen LogP contribution in [0.1, 0.15) is 10.6 Å². The molecule has 1 aromatic heterocycles. The lowest BCUT2D eigenvalue weighted by Gasteiger charge is -2.18. The number of para-hydroxylation sites is 1. The van der Waals surface area contributed by atoms with Crippen molar-refractivity contribution in [2.45, 2.75) is 6.54 Å². The number of carbonyl (C=O) groups excluding carboxylic acids is 1. The van der Waals surface area contributed by atoms with Crippen LogP contribution in [0.5, 0.6) is 11.5 Å². The predicted octanol–water partition coefficient (Wildman–Crippen LogP) is 3.40. The monoisotopic (exact) mass is 352 g/mol. The van der Waals surface area contributed by atoms with E-state index in [1.54, 1.807) is 17.4 Å². The number of nitrogens with zero attached hydrogens (tertiary/aromatic N) is 1. The summed E-state index contributed by atoms with van der Waals surface area (Å²) in [6.45, 7) is 1.55. The molecule has 3 aromatic rings. The molecule has 1 aliphatic rings. The van der Waals surface area contributed by atoms with Gasteiger partial charge in [0.05, 0.1) is 10.2 Å². The number of fused-ring (bicyclic) bond motifs is 2. The summed E-state index contributed by atoms with van der Waals surface area (Å²) in [5.74, 6) is 1.31. The Hall–Kier alpha value is -2.86. The third kappa shape index (κ3) is 3.64. The van der Waals surface area contributed by atoms with Crippen LogP contribution in [0, 0.1) is 0 Å². The lowest BCUT2D eigenvalue weighted by molar-refractivity contribution is -0.116. The van der Waals surface area contributed by atoms with Gasteiger partial charge in [-0.2, -0.15) is 0 Å². The third-order valence-corrected chi connectivity index (χ3v) is 4.76. The molecular weight excluding hydrogens is 336 g/mol. The molecule has 1 aliphatic heterocycles. The van der Waals surface area contributed by atoms with Gasteiger partial charge in [-0.15, -0.1) is 11.3 Å². The smallest absolute Gasteiger partial charge is 0.244 e. The van der Waals surface area contributed by atoms with Gasteiger partial charge in [-0.1, -0.05) is 18.2 Å². The second-order valence-electron chi connectivity index (χ2n) is 5.55. The van der Waals surface area contributed by atoms with Crippen molar-refractivity contribution in [1.29, 1.82) is 0 Å². The minimum absolute atomic E-state index is 0.158. The molecule has 1 N–H and O–H groups in total. The van der Waals surface area contributed by atoms with Crippen molar-refractivity contribution in [2.75, 3.05) is 13.2 Å². The highest BCUT2D eigenvalue weighted by Crippen LogP contribution is 2.30. The number of hydrogen-bond donors (Lipinski definition) is 1. The van der Waals surface area contributed by atoms with Crippen molar-refractivity contribution >= 4 is 33.5 Å². The van der Waals surface area contributed by atoms with Crippen LogP contribution in [0.15, 0.2) is 48.5 Å². The van der Waals surface area contributed by atoms with Crippen molar-refractivity contribution in [2.24, 2.45) is 0 Å². The van der Waals surface area contributed by atoms with E-state index in [1.807, 2.05) is 42.5 Å². The Morgan fingerprint density at radius 3 is 2.88 bits per heavy atom. The number of hydrogen-bond acceptors (Lipinski definition) is 5. The predicted molar refractivity (Wildman–Crippen MR) is 97.9 cm³/mol. The lowest BCUT2D eigenvalue weighted by atomic mass is 10.2. The van der Waals surface area contributed by atoms with Gasteiger partial charge < -0.3 is 14.8 Å². The van der Waals surface area contributed by atoms with Crippen LogP contribution in [0.3, 0.4) is 0 Å². The number of rotatable bonds is 4.